The number of nitrogens with two attached hydrogens (primary N) is 1. The van der Waals surface area contributed by atoms with Crippen LogP contribution in [0.4, 0.5) is 0 Å². The second kappa shape index (κ2) is 10.9. The quantitative estimate of drug-likeness (QED) is 0.307. The molecule has 41 heavy (non-hydrogen) atoms. The molecule has 0 radical (unpaired) electrons. The minimum absolute atomic E-state index is 0.167. The van der Waals surface area contributed by atoms with Crippen LogP contribution in [0.25, 0.3) is 33.4 Å². The molecule has 0 amide bonds. The highest BCUT2D eigenvalue weighted by atomic mass is 35.5. The van der Waals surface area contributed by atoms with E-state index in [1.165, 1.54) is 10.9 Å². The number of piperidine rings is 1. The van der Waals surface area contributed by atoms with Gasteiger partial charge in [-0.1, -0.05) is 48.0 Å². The summed E-state index contributed by atoms with van der Waals surface area (Å²) in [7, 11) is 3.69. The Bertz CT molecular complexity index is 1760. The second-order valence-corrected chi connectivity index (χ2v) is 11.4. The highest BCUT2D eigenvalue weighted by Gasteiger charge is 2.33. The van der Waals surface area contributed by atoms with Gasteiger partial charge in [-0.3, -0.25) is 23.6 Å². The van der Waals surface area contributed by atoms with Gasteiger partial charge in [0.15, 0.2) is 5.52 Å². The fourth-order valence-electron chi connectivity index (χ4n) is 5.60. The maximum atomic E-state index is 13.4. The summed E-state index contributed by atoms with van der Waals surface area (Å²) in [4.78, 5) is 20.3. The number of aryl methyl sites for hydroxylation is 2. The first-order valence-corrected chi connectivity index (χ1v) is 14.0. The lowest BCUT2D eigenvalue weighted by Crippen LogP contribution is -2.47. The molecular weight excluding hydrogens is 540 g/mol. The fourth-order valence-corrected chi connectivity index (χ4v) is 5.84. The van der Waals surface area contributed by atoms with Crippen LogP contribution in [0.3, 0.4) is 0 Å². The van der Waals surface area contributed by atoms with E-state index >= 15 is 0 Å². The van der Waals surface area contributed by atoms with E-state index in [9.17, 15) is 9.90 Å². The zero-order chi connectivity index (χ0) is 28.7. The lowest BCUT2D eigenvalue weighted by Gasteiger charge is -2.38. The Balaban J connectivity index is 1.14. The van der Waals surface area contributed by atoms with Crippen LogP contribution in [-0.4, -0.2) is 57.8 Å². The number of benzene rings is 2. The molecule has 1 saturated heterocycles. The van der Waals surface area contributed by atoms with Crippen molar-refractivity contribution in [3.8, 4) is 22.4 Å². The molecule has 4 heterocycles. The lowest BCUT2D eigenvalue weighted by molar-refractivity contribution is -0.0364. The van der Waals surface area contributed by atoms with Crippen molar-refractivity contribution >= 4 is 22.6 Å². The number of halogens is 1. The normalized spacial score (nSPS) is 15.5. The highest BCUT2D eigenvalue weighted by molar-refractivity contribution is 6.31. The summed E-state index contributed by atoms with van der Waals surface area (Å²) >= 11 is 6.64. The van der Waals surface area contributed by atoms with Crippen LogP contribution in [0.2, 0.25) is 5.02 Å². The monoisotopic (exact) mass is 572 g/mol. The van der Waals surface area contributed by atoms with Gasteiger partial charge in [0, 0.05) is 62.6 Å². The number of hydrogen-bond donors (Lipinski definition) is 2. The van der Waals surface area contributed by atoms with Gasteiger partial charge >= 0.3 is 0 Å². The molecule has 3 aromatic heterocycles. The first-order valence-electron chi connectivity index (χ1n) is 13.7. The van der Waals surface area contributed by atoms with Crippen molar-refractivity contribution < 1.29 is 5.11 Å². The summed E-state index contributed by atoms with van der Waals surface area (Å²) in [6.07, 6.45) is 6.37. The zero-order valence-corrected chi connectivity index (χ0v) is 23.9. The van der Waals surface area contributed by atoms with Crippen molar-refractivity contribution in [3.05, 3.63) is 87.7 Å². The smallest absolute Gasteiger partial charge is 0.281 e. The molecule has 10 nitrogen and oxygen atoms in total. The van der Waals surface area contributed by atoms with E-state index in [0.717, 1.165) is 33.5 Å². The number of rotatable bonds is 7. The summed E-state index contributed by atoms with van der Waals surface area (Å²) < 4.78 is 4.94. The first-order chi connectivity index (χ1) is 19.7. The van der Waals surface area contributed by atoms with Gasteiger partial charge in [-0.05, 0) is 35.6 Å². The van der Waals surface area contributed by atoms with Gasteiger partial charge in [0.2, 0.25) is 0 Å². The van der Waals surface area contributed by atoms with Crippen molar-refractivity contribution in [2.24, 2.45) is 19.8 Å². The zero-order valence-electron chi connectivity index (χ0n) is 23.2. The van der Waals surface area contributed by atoms with Crippen LogP contribution >= 0.6 is 11.6 Å². The summed E-state index contributed by atoms with van der Waals surface area (Å²) in [6.45, 7) is 2.70. The maximum absolute atomic E-state index is 13.4. The van der Waals surface area contributed by atoms with Crippen LogP contribution in [0.15, 0.2) is 66.0 Å². The molecule has 0 bridgehead atoms. The minimum Gasteiger partial charge on any atom is -0.388 e. The number of likely N-dealkylation sites (tertiary alicyclic amines) is 1. The van der Waals surface area contributed by atoms with Gasteiger partial charge < -0.3 is 10.8 Å². The summed E-state index contributed by atoms with van der Waals surface area (Å²) in [5, 5.41) is 20.9. The van der Waals surface area contributed by atoms with E-state index in [-0.39, 0.29) is 12.1 Å². The molecule has 0 atom stereocenters. The number of aliphatic hydroxyl groups is 1. The lowest BCUT2D eigenvalue weighted by atomic mass is 9.91. The minimum atomic E-state index is -1.01. The molecule has 1 aliphatic heterocycles. The maximum Gasteiger partial charge on any atom is 0.281 e. The number of fused-ring (bicyclic) bond motifs is 1. The molecule has 0 saturated carbocycles. The molecule has 5 aromatic rings. The Morgan fingerprint density at radius 2 is 1.76 bits per heavy atom. The van der Waals surface area contributed by atoms with Crippen LogP contribution < -0.4 is 11.3 Å². The van der Waals surface area contributed by atoms with Gasteiger partial charge in [0.05, 0.1) is 30.4 Å². The van der Waals surface area contributed by atoms with Crippen LogP contribution in [-0.2, 0) is 33.7 Å². The molecule has 11 heteroatoms. The predicted molar refractivity (Wildman–Crippen MR) is 159 cm³/mol. The molecule has 0 aliphatic carbocycles. The second-order valence-electron chi connectivity index (χ2n) is 11.0. The standard InChI is InChI=1S/C30H33ClN8O2/c1-36-16-24(15-34-36)22-7-8-23(25(31)13-22)17-38-11-9-30(41,10-12-38)18-39-19-33-26-27(29(39)40)35-37(2)28(26)21-5-3-20(14-32)4-6-21/h3-8,13,15-16,19,41H,9-12,14,17-18,32H2,1-2H3. The molecule has 3 N–H and O–H groups in total. The Morgan fingerprint density at radius 1 is 1.02 bits per heavy atom. The van der Waals surface area contributed by atoms with Crippen LogP contribution in [0.1, 0.15) is 24.0 Å². The molecule has 0 unspecified atom stereocenters. The van der Waals surface area contributed by atoms with E-state index in [0.29, 0.717) is 55.1 Å². The predicted octanol–water partition coefficient (Wildman–Crippen LogP) is 3.34. The van der Waals surface area contributed by atoms with E-state index in [1.54, 1.807) is 16.4 Å². The third-order valence-electron chi connectivity index (χ3n) is 8.01. The van der Waals surface area contributed by atoms with E-state index in [4.69, 9.17) is 17.3 Å². The topological polar surface area (TPSA) is 120 Å². The SMILES string of the molecule is Cn1cc(-c2ccc(CN3CCC(O)(Cn4cnc5c(-c6ccc(CN)cc6)n(C)nc5c4=O)CC3)c(Cl)c2)cn1. The Kier molecular flexibility index (Phi) is 7.25. The molecule has 1 fully saturated rings. The largest absolute Gasteiger partial charge is 0.388 e. The van der Waals surface area contributed by atoms with Crippen molar-refractivity contribution in [1.82, 2.24) is 34.0 Å². The fraction of sp³-hybridized carbons (Fsp3) is 0.333. The van der Waals surface area contributed by atoms with Crippen LogP contribution in [0, 0.1) is 0 Å². The molecule has 212 valence electrons. The van der Waals surface area contributed by atoms with Gasteiger partial charge in [0.1, 0.15) is 5.52 Å². The van der Waals surface area contributed by atoms with Crippen molar-refractivity contribution in [2.75, 3.05) is 13.1 Å². The highest BCUT2D eigenvalue weighted by Crippen LogP contribution is 2.30. The number of aromatic nitrogens is 6. The van der Waals surface area contributed by atoms with E-state index < -0.39 is 5.60 Å². The average molecular weight is 573 g/mol. The van der Waals surface area contributed by atoms with Gasteiger partial charge in [-0.2, -0.15) is 10.2 Å². The molecule has 1 aliphatic rings. The first kappa shape index (κ1) is 27.3. The number of hydrogen-bond acceptors (Lipinski definition) is 7. The third kappa shape index (κ3) is 5.43. The van der Waals surface area contributed by atoms with Gasteiger partial charge in [-0.15, -0.1) is 0 Å². The van der Waals surface area contributed by atoms with Crippen LogP contribution in [0.5, 0.6) is 0 Å². The van der Waals surface area contributed by atoms with Gasteiger partial charge in [-0.25, -0.2) is 4.98 Å². The summed E-state index contributed by atoms with van der Waals surface area (Å²) in [5.74, 6) is 0. The Hall–Kier alpha value is -3.83. The third-order valence-corrected chi connectivity index (χ3v) is 8.36. The van der Waals surface area contributed by atoms with Crippen molar-refractivity contribution in [2.45, 2.75) is 38.1 Å². The Morgan fingerprint density at radius 3 is 2.41 bits per heavy atom. The van der Waals surface area contributed by atoms with E-state index in [2.05, 4.69) is 32.2 Å². The van der Waals surface area contributed by atoms with Gasteiger partial charge in [0.25, 0.3) is 5.56 Å². The average Bonchev–Trinajstić information content (AvgIpc) is 3.55. The van der Waals surface area contributed by atoms with Crippen molar-refractivity contribution in [3.63, 3.8) is 0 Å². The van der Waals surface area contributed by atoms with Crippen molar-refractivity contribution in [1.29, 1.82) is 0 Å². The Labute approximate surface area is 242 Å². The molecule has 6 rings (SSSR count). The molecule has 2 aromatic carbocycles. The summed E-state index contributed by atoms with van der Waals surface area (Å²) in [6, 6.07) is 13.9. The summed E-state index contributed by atoms with van der Waals surface area (Å²) in [5.41, 5.74) is 11.1. The molecular formula is C30H33ClN8O2. The molecule has 0 spiro atoms. The van der Waals surface area contributed by atoms with E-state index in [1.807, 2.05) is 49.8 Å². The number of nitrogens with zero attached hydrogens (tertiary/aromatic N) is 7.